The first-order valence-corrected chi connectivity index (χ1v) is 15.8. The number of aromatic amines is 1. The Hall–Kier alpha value is -4.67. The Morgan fingerprint density at radius 2 is 1.76 bits per heavy atom. The summed E-state index contributed by atoms with van der Waals surface area (Å²) >= 11 is 0. The molecule has 2 N–H and O–H groups in total. The van der Waals surface area contributed by atoms with E-state index in [1.807, 2.05) is 13.1 Å². The fourth-order valence-electron chi connectivity index (χ4n) is 5.82. The number of nitrogens with zero attached hydrogens (tertiary/aromatic N) is 6. The molecule has 0 radical (unpaired) electrons. The molecule has 242 valence electrons. The van der Waals surface area contributed by atoms with E-state index in [0.717, 1.165) is 48.3 Å². The SMILES string of the molecule is CN1CCN(c2ccc(C(=O)N(C)c3n[nH]c4c3CN(S(=O)(=O)c3cc(F)cc(F)c3)C4(C)C)c(NC(=O)c3cnoc3)c2)CC1. The quantitative estimate of drug-likeness (QED) is 0.306. The molecule has 0 saturated carbocycles. The summed E-state index contributed by atoms with van der Waals surface area (Å²) < 4.78 is 61.1. The van der Waals surface area contributed by atoms with Crippen LogP contribution in [0.4, 0.5) is 26.0 Å². The Labute approximate surface area is 263 Å². The van der Waals surface area contributed by atoms with Gasteiger partial charge in [-0.05, 0) is 51.2 Å². The zero-order valence-corrected chi connectivity index (χ0v) is 26.4. The molecule has 1 fully saturated rings. The predicted molar refractivity (Wildman–Crippen MR) is 164 cm³/mol. The van der Waals surface area contributed by atoms with Gasteiger partial charge in [0.05, 0.1) is 39.1 Å². The Kier molecular flexibility index (Phi) is 7.90. The minimum atomic E-state index is -4.37. The number of sulfonamides is 1. The van der Waals surface area contributed by atoms with E-state index in [9.17, 15) is 26.8 Å². The minimum Gasteiger partial charge on any atom is -0.369 e. The van der Waals surface area contributed by atoms with Gasteiger partial charge in [0, 0.05) is 57.1 Å². The standard InChI is InChI=1S/C30H32F2N8O5S/c1-30(2)26-24(16-40(30)46(43,44)22-12-19(31)11-20(32)13-22)27(36-35-26)38(4)29(42)23-6-5-21(39-9-7-37(3)8-10-39)14-25(23)34-28(41)18-15-33-45-17-18/h5-6,11-15,17H,7-10,16H2,1-4H3,(H,34,41)(H,35,36). The van der Waals surface area contributed by atoms with Crippen molar-refractivity contribution in [2.45, 2.75) is 30.8 Å². The average molecular weight is 655 g/mol. The highest BCUT2D eigenvalue weighted by molar-refractivity contribution is 7.89. The van der Waals surface area contributed by atoms with E-state index in [1.165, 1.54) is 24.4 Å². The molecule has 2 aliphatic heterocycles. The lowest BCUT2D eigenvalue weighted by Gasteiger charge is -2.34. The average Bonchev–Trinajstić information content (AvgIpc) is 3.75. The highest BCUT2D eigenvalue weighted by atomic mass is 32.2. The molecule has 2 aromatic carbocycles. The number of halogens is 2. The van der Waals surface area contributed by atoms with Gasteiger partial charge in [0.2, 0.25) is 10.0 Å². The fraction of sp³-hybridized carbons (Fsp3) is 0.333. The van der Waals surface area contributed by atoms with E-state index < -0.39 is 43.9 Å². The van der Waals surface area contributed by atoms with Crippen molar-refractivity contribution < 1.29 is 31.3 Å². The Morgan fingerprint density at radius 1 is 1.07 bits per heavy atom. The lowest BCUT2D eigenvalue weighted by molar-refractivity contribution is 0.0993. The van der Waals surface area contributed by atoms with Crippen LogP contribution in [0.25, 0.3) is 0 Å². The molecule has 0 aliphatic carbocycles. The molecule has 0 bridgehead atoms. The van der Waals surface area contributed by atoms with E-state index >= 15 is 0 Å². The summed E-state index contributed by atoms with van der Waals surface area (Å²) in [5.74, 6) is -2.92. The van der Waals surface area contributed by atoms with Crippen LogP contribution in [0.2, 0.25) is 0 Å². The van der Waals surface area contributed by atoms with Crippen LogP contribution in [0.1, 0.15) is 45.8 Å². The second-order valence-corrected chi connectivity index (χ2v) is 13.7. The molecule has 6 rings (SSSR count). The lowest BCUT2D eigenvalue weighted by Crippen LogP contribution is -2.44. The van der Waals surface area contributed by atoms with Gasteiger partial charge in [0.25, 0.3) is 11.8 Å². The summed E-state index contributed by atoms with van der Waals surface area (Å²) in [6.07, 6.45) is 2.46. The van der Waals surface area contributed by atoms with Gasteiger partial charge < -0.3 is 19.6 Å². The molecule has 2 aromatic heterocycles. The van der Waals surface area contributed by atoms with Crippen molar-refractivity contribution in [1.29, 1.82) is 0 Å². The molecule has 2 amide bonds. The summed E-state index contributed by atoms with van der Waals surface area (Å²) in [5, 5.41) is 13.6. The molecule has 16 heteroatoms. The van der Waals surface area contributed by atoms with Crippen molar-refractivity contribution in [3.05, 3.63) is 82.9 Å². The van der Waals surface area contributed by atoms with Crippen LogP contribution < -0.4 is 15.1 Å². The van der Waals surface area contributed by atoms with E-state index in [2.05, 4.69) is 30.5 Å². The zero-order valence-electron chi connectivity index (χ0n) is 25.5. The van der Waals surface area contributed by atoms with Crippen molar-refractivity contribution in [3.63, 3.8) is 0 Å². The predicted octanol–water partition coefficient (Wildman–Crippen LogP) is 3.40. The summed E-state index contributed by atoms with van der Waals surface area (Å²) in [6, 6.07) is 7.30. The van der Waals surface area contributed by atoms with Crippen molar-refractivity contribution in [3.8, 4) is 0 Å². The maximum atomic E-state index is 14.1. The van der Waals surface area contributed by atoms with Crippen molar-refractivity contribution in [1.82, 2.24) is 24.6 Å². The van der Waals surface area contributed by atoms with Gasteiger partial charge in [-0.3, -0.25) is 19.6 Å². The van der Waals surface area contributed by atoms with Crippen molar-refractivity contribution in [2.75, 3.05) is 55.4 Å². The number of rotatable bonds is 7. The van der Waals surface area contributed by atoms with Crippen LogP contribution in [0.3, 0.4) is 0 Å². The molecule has 4 heterocycles. The normalized spacial score (nSPS) is 16.8. The number of anilines is 3. The fourth-order valence-corrected chi connectivity index (χ4v) is 7.59. The van der Waals surface area contributed by atoms with Gasteiger partial charge in [-0.2, -0.15) is 9.40 Å². The molecule has 0 spiro atoms. The van der Waals surface area contributed by atoms with E-state index in [1.54, 1.807) is 26.0 Å². The van der Waals surface area contributed by atoms with E-state index in [0.29, 0.717) is 17.3 Å². The number of H-pyrrole nitrogens is 1. The van der Waals surface area contributed by atoms with Crippen molar-refractivity contribution in [2.24, 2.45) is 0 Å². The van der Waals surface area contributed by atoms with Gasteiger partial charge in [-0.1, -0.05) is 5.16 Å². The molecule has 0 atom stereocenters. The van der Waals surface area contributed by atoms with Gasteiger partial charge in [0.1, 0.15) is 17.9 Å². The highest BCUT2D eigenvalue weighted by Gasteiger charge is 2.48. The Bertz CT molecular complexity index is 1900. The summed E-state index contributed by atoms with van der Waals surface area (Å²) in [6.45, 7) is 6.28. The second kappa shape index (κ2) is 11.6. The third-order valence-electron chi connectivity index (χ3n) is 8.47. The number of benzene rings is 2. The van der Waals surface area contributed by atoms with Gasteiger partial charge in [-0.25, -0.2) is 17.2 Å². The van der Waals surface area contributed by atoms with Gasteiger partial charge >= 0.3 is 0 Å². The maximum absolute atomic E-state index is 14.1. The first-order valence-electron chi connectivity index (χ1n) is 14.4. The third kappa shape index (κ3) is 5.52. The van der Waals surface area contributed by atoms with Gasteiger partial charge in [0.15, 0.2) is 5.82 Å². The Morgan fingerprint density at radius 3 is 2.41 bits per heavy atom. The van der Waals surface area contributed by atoms with Gasteiger partial charge in [-0.15, -0.1) is 0 Å². The topological polar surface area (TPSA) is 148 Å². The summed E-state index contributed by atoms with van der Waals surface area (Å²) in [4.78, 5) is 32.2. The lowest BCUT2D eigenvalue weighted by atomic mass is 10.0. The molecule has 2 aliphatic rings. The number of aromatic nitrogens is 3. The van der Waals surface area contributed by atoms with Crippen LogP contribution in [-0.4, -0.2) is 85.1 Å². The first kappa shape index (κ1) is 31.3. The molecule has 0 unspecified atom stereocenters. The number of hydrogen-bond acceptors (Lipinski definition) is 9. The number of carbonyl (C=O) groups is 2. The highest BCUT2D eigenvalue weighted by Crippen LogP contribution is 2.44. The number of amides is 2. The first-order chi connectivity index (χ1) is 21.8. The number of nitrogens with one attached hydrogen (secondary N) is 2. The second-order valence-electron chi connectivity index (χ2n) is 11.8. The monoisotopic (exact) mass is 654 g/mol. The number of likely N-dealkylation sites (N-methyl/N-ethyl adjacent to an activating group) is 1. The zero-order chi connectivity index (χ0) is 33.0. The van der Waals surface area contributed by atoms with Crippen LogP contribution in [0.15, 0.2) is 58.3 Å². The summed E-state index contributed by atoms with van der Waals surface area (Å²) in [7, 11) is -0.835. The third-order valence-corrected chi connectivity index (χ3v) is 10.5. The number of piperazine rings is 1. The molecular weight excluding hydrogens is 622 g/mol. The molecule has 4 aromatic rings. The largest absolute Gasteiger partial charge is 0.369 e. The summed E-state index contributed by atoms with van der Waals surface area (Å²) in [5.41, 5.74) is 1.06. The van der Waals surface area contributed by atoms with Crippen LogP contribution in [0, 0.1) is 11.6 Å². The molecular formula is C30H32F2N8O5S. The number of fused-ring (bicyclic) bond motifs is 1. The molecule has 1 saturated heterocycles. The van der Waals surface area contributed by atoms with Crippen LogP contribution >= 0.6 is 0 Å². The Balaban J connectivity index is 1.32. The number of carbonyl (C=O) groups excluding carboxylic acids is 2. The van der Waals surface area contributed by atoms with Crippen LogP contribution in [0.5, 0.6) is 0 Å². The smallest absolute Gasteiger partial charge is 0.261 e. The molecule has 13 nitrogen and oxygen atoms in total. The number of hydrogen-bond donors (Lipinski definition) is 2. The maximum Gasteiger partial charge on any atom is 0.261 e. The van der Waals surface area contributed by atoms with Crippen molar-refractivity contribution >= 4 is 39.0 Å². The van der Waals surface area contributed by atoms with E-state index in [-0.39, 0.29) is 29.2 Å². The van der Waals surface area contributed by atoms with Crippen LogP contribution in [-0.2, 0) is 22.1 Å². The molecule has 46 heavy (non-hydrogen) atoms. The minimum absolute atomic E-state index is 0.163. The van der Waals surface area contributed by atoms with E-state index in [4.69, 9.17) is 4.52 Å².